The van der Waals surface area contributed by atoms with Gasteiger partial charge in [-0.15, -0.1) is 0 Å². The summed E-state index contributed by atoms with van der Waals surface area (Å²) < 4.78 is 0. The zero-order valence-corrected chi connectivity index (χ0v) is 9.87. The minimum absolute atomic E-state index is 0.559. The lowest BCUT2D eigenvalue weighted by atomic mass is 10.1. The summed E-state index contributed by atoms with van der Waals surface area (Å²) in [4.78, 5) is 4.00. The van der Waals surface area contributed by atoms with E-state index < -0.39 is 0 Å². The molecule has 0 saturated carbocycles. The van der Waals surface area contributed by atoms with Gasteiger partial charge in [0.15, 0.2) is 0 Å². The third-order valence-corrected chi connectivity index (χ3v) is 2.58. The Morgan fingerprint density at radius 3 is 2.60 bits per heavy atom. The van der Waals surface area contributed by atoms with Gasteiger partial charge in [-0.3, -0.25) is 4.98 Å². The molecule has 0 bridgehead atoms. The van der Waals surface area contributed by atoms with Crippen molar-refractivity contribution in [1.82, 2.24) is 4.98 Å². The van der Waals surface area contributed by atoms with Gasteiger partial charge in [0.2, 0.25) is 0 Å². The van der Waals surface area contributed by atoms with Crippen molar-refractivity contribution in [2.45, 2.75) is 52.0 Å². The highest BCUT2D eigenvalue weighted by Crippen LogP contribution is 2.11. The quantitative estimate of drug-likeness (QED) is 0.685. The molecule has 0 fully saturated rings. The van der Waals surface area contributed by atoms with E-state index in [0.29, 0.717) is 6.04 Å². The summed E-state index contributed by atoms with van der Waals surface area (Å²) >= 11 is 0. The third kappa shape index (κ3) is 5.40. The van der Waals surface area contributed by atoms with Crippen LogP contribution in [0, 0.1) is 0 Å². The number of hydrogen-bond donors (Lipinski definition) is 1. The lowest BCUT2D eigenvalue weighted by Crippen LogP contribution is -2.14. The molecule has 1 atom stereocenters. The summed E-state index contributed by atoms with van der Waals surface area (Å²) in [7, 11) is 0. The first-order valence-corrected chi connectivity index (χ1v) is 5.99. The topological polar surface area (TPSA) is 24.9 Å². The van der Waals surface area contributed by atoms with Crippen molar-refractivity contribution in [3.8, 4) is 0 Å². The first kappa shape index (κ1) is 12.0. The molecule has 0 saturated heterocycles. The number of rotatable bonds is 7. The van der Waals surface area contributed by atoms with E-state index in [0.717, 1.165) is 0 Å². The van der Waals surface area contributed by atoms with Crippen molar-refractivity contribution in [3.63, 3.8) is 0 Å². The standard InChI is InChI=1S/C13H22N2/c1-3-4-5-6-7-12(2)15-13-8-10-14-11-9-13/h8-12H,3-7H2,1-2H3,(H,14,15). The summed E-state index contributed by atoms with van der Waals surface area (Å²) in [6, 6.07) is 4.59. The minimum atomic E-state index is 0.559. The highest BCUT2D eigenvalue weighted by atomic mass is 14.9. The molecule has 1 N–H and O–H groups in total. The Morgan fingerprint density at radius 1 is 1.20 bits per heavy atom. The second kappa shape index (κ2) is 7.27. The number of pyridine rings is 1. The SMILES string of the molecule is CCCCCCC(C)Nc1ccncc1. The zero-order valence-electron chi connectivity index (χ0n) is 9.87. The van der Waals surface area contributed by atoms with Crippen LogP contribution in [0.3, 0.4) is 0 Å². The molecule has 2 nitrogen and oxygen atoms in total. The maximum Gasteiger partial charge on any atom is 0.0373 e. The number of nitrogens with zero attached hydrogens (tertiary/aromatic N) is 1. The van der Waals surface area contributed by atoms with Crippen molar-refractivity contribution in [2.24, 2.45) is 0 Å². The predicted octanol–water partition coefficient (Wildman–Crippen LogP) is 3.85. The van der Waals surface area contributed by atoms with Crippen molar-refractivity contribution in [3.05, 3.63) is 24.5 Å². The van der Waals surface area contributed by atoms with Crippen LogP contribution in [-0.4, -0.2) is 11.0 Å². The van der Waals surface area contributed by atoms with Crippen LogP contribution in [0.25, 0.3) is 0 Å². The number of unbranched alkanes of at least 4 members (excludes halogenated alkanes) is 3. The van der Waals surface area contributed by atoms with E-state index in [-0.39, 0.29) is 0 Å². The molecule has 0 radical (unpaired) electrons. The first-order valence-electron chi connectivity index (χ1n) is 5.99. The van der Waals surface area contributed by atoms with Crippen LogP contribution >= 0.6 is 0 Å². The van der Waals surface area contributed by atoms with Gasteiger partial charge in [-0.25, -0.2) is 0 Å². The maximum absolute atomic E-state index is 4.00. The van der Waals surface area contributed by atoms with Gasteiger partial charge in [-0.1, -0.05) is 32.6 Å². The number of aromatic nitrogens is 1. The largest absolute Gasteiger partial charge is 0.383 e. The average Bonchev–Trinajstić information content (AvgIpc) is 2.26. The number of nitrogens with one attached hydrogen (secondary N) is 1. The second-order valence-corrected chi connectivity index (χ2v) is 4.13. The molecule has 2 heteroatoms. The van der Waals surface area contributed by atoms with Crippen molar-refractivity contribution < 1.29 is 0 Å². The Kier molecular flexibility index (Phi) is 5.83. The van der Waals surface area contributed by atoms with Gasteiger partial charge in [0.25, 0.3) is 0 Å². The third-order valence-electron chi connectivity index (χ3n) is 2.58. The maximum atomic E-state index is 4.00. The van der Waals surface area contributed by atoms with E-state index in [4.69, 9.17) is 0 Å². The van der Waals surface area contributed by atoms with Gasteiger partial charge in [-0.05, 0) is 25.5 Å². The highest BCUT2D eigenvalue weighted by molar-refractivity contribution is 5.41. The second-order valence-electron chi connectivity index (χ2n) is 4.13. The van der Waals surface area contributed by atoms with E-state index in [9.17, 15) is 0 Å². The molecule has 1 unspecified atom stereocenters. The highest BCUT2D eigenvalue weighted by Gasteiger charge is 2.00. The van der Waals surface area contributed by atoms with Gasteiger partial charge in [-0.2, -0.15) is 0 Å². The Hall–Kier alpha value is -1.05. The van der Waals surface area contributed by atoms with Gasteiger partial charge in [0.05, 0.1) is 0 Å². The minimum Gasteiger partial charge on any atom is -0.383 e. The Morgan fingerprint density at radius 2 is 1.93 bits per heavy atom. The molecule has 0 amide bonds. The Balaban J connectivity index is 2.16. The van der Waals surface area contributed by atoms with Gasteiger partial charge in [0.1, 0.15) is 0 Å². The molecule has 0 aliphatic heterocycles. The molecule has 1 aromatic heterocycles. The smallest absolute Gasteiger partial charge is 0.0373 e. The van der Waals surface area contributed by atoms with E-state index in [2.05, 4.69) is 24.1 Å². The fraction of sp³-hybridized carbons (Fsp3) is 0.615. The summed E-state index contributed by atoms with van der Waals surface area (Å²) in [6.07, 6.45) is 10.3. The molecule has 84 valence electrons. The normalized spacial score (nSPS) is 12.4. The van der Waals surface area contributed by atoms with Gasteiger partial charge < -0.3 is 5.32 Å². The van der Waals surface area contributed by atoms with Gasteiger partial charge in [0, 0.05) is 24.1 Å². The van der Waals surface area contributed by atoms with Crippen LogP contribution in [0.15, 0.2) is 24.5 Å². The molecule has 0 aromatic carbocycles. The first-order chi connectivity index (χ1) is 7.33. The summed E-state index contributed by atoms with van der Waals surface area (Å²) in [6.45, 7) is 4.49. The van der Waals surface area contributed by atoms with Crippen molar-refractivity contribution in [1.29, 1.82) is 0 Å². The number of hydrogen-bond acceptors (Lipinski definition) is 2. The Labute approximate surface area is 93.1 Å². The molecule has 0 spiro atoms. The molecule has 0 aliphatic carbocycles. The molecule has 15 heavy (non-hydrogen) atoms. The average molecular weight is 206 g/mol. The van der Waals surface area contributed by atoms with Crippen molar-refractivity contribution >= 4 is 5.69 Å². The van der Waals surface area contributed by atoms with Gasteiger partial charge >= 0.3 is 0 Å². The molecule has 1 rings (SSSR count). The van der Waals surface area contributed by atoms with Crippen LogP contribution in [0.5, 0.6) is 0 Å². The van der Waals surface area contributed by atoms with E-state index >= 15 is 0 Å². The summed E-state index contributed by atoms with van der Waals surface area (Å²) in [5.41, 5.74) is 1.17. The molecule has 1 heterocycles. The molecule has 0 aliphatic rings. The van der Waals surface area contributed by atoms with Crippen LogP contribution in [0.1, 0.15) is 46.0 Å². The lowest BCUT2D eigenvalue weighted by Gasteiger charge is -2.14. The fourth-order valence-corrected chi connectivity index (χ4v) is 1.68. The summed E-state index contributed by atoms with van der Waals surface area (Å²) in [5, 5.41) is 3.48. The summed E-state index contributed by atoms with van der Waals surface area (Å²) in [5.74, 6) is 0. The van der Waals surface area contributed by atoms with Crippen LogP contribution in [0.2, 0.25) is 0 Å². The fourth-order valence-electron chi connectivity index (χ4n) is 1.68. The van der Waals surface area contributed by atoms with Crippen LogP contribution < -0.4 is 5.32 Å². The zero-order chi connectivity index (χ0) is 10.9. The number of anilines is 1. The lowest BCUT2D eigenvalue weighted by molar-refractivity contribution is 0.594. The van der Waals surface area contributed by atoms with E-state index in [1.165, 1.54) is 37.8 Å². The predicted molar refractivity (Wildman–Crippen MR) is 66.1 cm³/mol. The van der Waals surface area contributed by atoms with E-state index in [1.54, 1.807) is 0 Å². The Bertz CT molecular complexity index is 246. The molecule has 1 aromatic rings. The van der Waals surface area contributed by atoms with Crippen LogP contribution in [0.4, 0.5) is 5.69 Å². The molecular weight excluding hydrogens is 184 g/mol. The molecular formula is C13H22N2. The van der Waals surface area contributed by atoms with Crippen LogP contribution in [-0.2, 0) is 0 Å². The van der Waals surface area contributed by atoms with E-state index in [1.807, 2.05) is 24.5 Å². The van der Waals surface area contributed by atoms with Crippen molar-refractivity contribution in [2.75, 3.05) is 5.32 Å². The monoisotopic (exact) mass is 206 g/mol.